The van der Waals surface area contributed by atoms with Crippen LogP contribution in [-0.4, -0.2) is 21.2 Å². The van der Waals surface area contributed by atoms with E-state index in [1.165, 1.54) is 32.1 Å². The summed E-state index contributed by atoms with van der Waals surface area (Å²) < 4.78 is 1.68. The lowest BCUT2D eigenvalue weighted by Gasteiger charge is -2.56. The highest BCUT2D eigenvalue weighted by molar-refractivity contribution is 5.82. The van der Waals surface area contributed by atoms with E-state index in [4.69, 9.17) is 0 Å². The monoisotopic (exact) mass is 409 g/mol. The summed E-state index contributed by atoms with van der Waals surface area (Å²) in [7, 11) is 0. The summed E-state index contributed by atoms with van der Waals surface area (Å²) in [5, 5.41) is 18.7. The molecule has 0 amide bonds. The number of hydrogen-bond donors (Lipinski definition) is 1. The molecule has 3 unspecified atom stereocenters. The SMILES string of the molecule is CC#C[C@@]1(O)CC[C@@H]2C3CC[C@@]4(C)C(CC[C@@H]4C(=O)Cn4cc[n+]#[n+]4)C3CC[C@@H]2C1. The quantitative estimate of drug-likeness (QED) is 0.778. The molecule has 1 N–H and O–H groups in total. The molecule has 4 fully saturated rings. The van der Waals surface area contributed by atoms with Gasteiger partial charge in [-0.15, -0.1) is 5.92 Å². The van der Waals surface area contributed by atoms with Gasteiger partial charge in [-0.2, -0.15) is 0 Å². The average Bonchev–Trinajstić information content (AvgIpc) is 3.34. The minimum absolute atomic E-state index is 0.148. The van der Waals surface area contributed by atoms with Crippen LogP contribution in [0.2, 0.25) is 0 Å². The number of nitrogens with zero attached hydrogens (tertiary/aromatic N) is 3. The molecule has 5 heteroatoms. The lowest BCUT2D eigenvalue weighted by Crippen LogP contribution is -2.51. The van der Waals surface area contributed by atoms with Crippen molar-refractivity contribution in [2.45, 2.75) is 83.8 Å². The Morgan fingerprint density at radius 1 is 1.13 bits per heavy atom. The molecule has 30 heavy (non-hydrogen) atoms. The Kier molecular flexibility index (Phi) is 4.94. The van der Waals surface area contributed by atoms with Crippen molar-refractivity contribution in [1.29, 1.82) is 0 Å². The predicted molar refractivity (Wildman–Crippen MR) is 110 cm³/mol. The Balaban J connectivity index is 1.31. The van der Waals surface area contributed by atoms with E-state index in [-0.39, 0.29) is 11.3 Å². The molecule has 5 nitrogen and oxygen atoms in total. The third kappa shape index (κ3) is 3.18. The average molecular weight is 410 g/mol. The van der Waals surface area contributed by atoms with Crippen molar-refractivity contribution in [2.24, 2.45) is 40.9 Å². The summed E-state index contributed by atoms with van der Waals surface area (Å²) in [5.41, 5.74) is -0.604. The van der Waals surface area contributed by atoms with Crippen LogP contribution in [0.3, 0.4) is 0 Å². The molecule has 4 saturated carbocycles. The van der Waals surface area contributed by atoms with Gasteiger partial charge in [-0.3, -0.25) is 4.79 Å². The van der Waals surface area contributed by atoms with Crippen LogP contribution in [0.1, 0.15) is 71.6 Å². The molecule has 4 aliphatic rings. The number of carbonyl (C=O) groups excluding carboxylic acids is 1. The molecule has 0 bridgehead atoms. The second-order valence-electron chi connectivity index (χ2n) is 10.8. The number of aromatic nitrogens is 3. The van der Waals surface area contributed by atoms with Gasteiger partial charge < -0.3 is 5.11 Å². The minimum atomic E-state index is -0.752. The Morgan fingerprint density at radius 3 is 2.73 bits per heavy atom. The van der Waals surface area contributed by atoms with Crippen molar-refractivity contribution in [3.05, 3.63) is 12.4 Å². The summed E-state index contributed by atoms with van der Waals surface area (Å²) in [6.07, 6.45) is 13.4. The highest BCUT2D eigenvalue weighted by Crippen LogP contribution is 2.64. The summed E-state index contributed by atoms with van der Waals surface area (Å²) in [4.78, 5) is 13.2. The molecule has 1 aromatic rings. The maximum Gasteiger partial charge on any atom is 0.471 e. The first-order valence-corrected chi connectivity index (χ1v) is 12.0. The Bertz CT molecular complexity index is 855. The van der Waals surface area contributed by atoms with Gasteiger partial charge in [0.15, 0.2) is 10.9 Å². The maximum absolute atomic E-state index is 13.2. The van der Waals surface area contributed by atoms with Crippen LogP contribution < -0.4 is 10.3 Å². The lowest BCUT2D eigenvalue weighted by atomic mass is 9.49. The van der Waals surface area contributed by atoms with E-state index in [9.17, 15) is 9.90 Å². The fourth-order valence-corrected chi connectivity index (χ4v) is 8.34. The standard InChI is InChI=1S/C25H35N3O2/c1-3-10-25(30)12-9-18-17(15-25)4-5-20-19(18)8-11-24(2)21(20)6-7-22(24)23(29)16-28-14-13-26-27-28/h13-14,17-22,30H,4-9,11-12,15-16H2,1-2H3/q+2/t17-,18+,19?,20?,21?,22-,24+,25-/m1/s1. The van der Waals surface area contributed by atoms with Crippen molar-refractivity contribution in [1.82, 2.24) is 4.68 Å². The van der Waals surface area contributed by atoms with Gasteiger partial charge in [0, 0.05) is 5.92 Å². The molecule has 0 radical (unpaired) electrons. The summed E-state index contributed by atoms with van der Waals surface area (Å²) in [6, 6.07) is 0. The highest BCUT2D eigenvalue weighted by Gasteiger charge is 2.59. The zero-order valence-electron chi connectivity index (χ0n) is 18.4. The summed E-state index contributed by atoms with van der Waals surface area (Å²) >= 11 is 0. The van der Waals surface area contributed by atoms with Gasteiger partial charge >= 0.3 is 11.4 Å². The zero-order valence-corrected chi connectivity index (χ0v) is 18.4. The van der Waals surface area contributed by atoms with Crippen molar-refractivity contribution in [3.63, 3.8) is 0 Å². The van der Waals surface area contributed by atoms with E-state index in [1.807, 2.05) is 6.92 Å². The number of carbonyl (C=O) groups is 1. The molecule has 0 saturated heterocycles. The zero-order chi connectivity index (χ0) is 20.9. The number of fused-ring (bicyclic) bond motifs is 5. The Labute approximate surface area is 180 Å². The van der Waals surface area contributed by atoms with E-state index in [2.05, 4.69) is 29.1 Å². The van der Waals surface area contributed by atoms with Gasteiger partial charge in [0.05, 0.1) is 0 Å². The van der Waals surface area contributed by atoms with Crippen LogP contribution in [0.5, 0.6) is 0 Å². The topological polar surface area (TPSA) is 70.4 Å². The molecule has 5 rings (SSSR count). The van der Waals surface area contributed by atoms with Crippen LogP contribution in [0.25, 0.3) is 0 Å². The van der Waals surface area contributed by atoms with Gasteiger partial charge in [0.2, 0.25) is 12.7 Å². The third-order valence-electron chi connectivity index (χ3n) is 9.55. The van der Waals surface area contributed by atoms with Gasteiger partial charge in [0.1, 0.15) is 10.3 Å². The molecule has 0 aromatic carbocycles. The largest absolute Gasteiger partial charge is 0.471 e. The smallest absolute Gasteiger partial charge is 0.378 e. The van der Waals surface area contributed by atoms with Gasteiger partial charge in [-0.05, 0) is 99.7 Å². The van der Waals surface area contributed by atoms with Crippen LogP contribution >= 0.6 is 0 Å². The van der Waals surface area contributed by atoms with E-state index < -0.39 is 5.60 Å². The normalized spacial score (nSPS) is 44.6. The first-order valence-electron chi connectivity index (χ1n) is 12.0. The molecule has 1 aromatic heterocycles. The first-order chi connectivity index (χ1) is 14.4. The van der Waals surface area contributed by atoms with Gasteiger partial charge in [0.25, 0.3) is 0 Å². The molecule has 160 valence electrons. The van der Waals surface area contributed by atoms with Crippen LogP contribution in [0.15, 0.2) is 12.4 Å². The van der Waals surface area contributed by atoms with E-state index in [0.29, 0.717) is 24.2 Å². The number of Topliss-reactive ketones (excluding diaryl/α,β-unsaturated/α-hetero) is 1. The van der Waals surface area contributed by atoms with Crippen LogP contribution in [0.4, 0.5) is 0 Å². The Hall–Kier alpha value is -1.85. The molecule has 0 spiro atoms. The van der Waals surface area contributed by atoms with Crippen molar-refractivity contribution in [2.75, 3.05) is 0 Å². The number of ketones is 1. The van der Waals surface area contributed by atoms with Gasteiger partial charge in [-0.25, -0.2) is 0 Å². The second kappa shape index (κ2) is 7.38. The number of rotatable bonds is 3. The molecular formula is C25H35N3O2+2. The fraction of sp³-hybridized carbons (Fsp3) is 0.800. The number of aliphatic hydroxyl groups is 1. The fourth-order valence-electron chi connectivity index (χ4n) is 8.34. The van der Waals surface area contributed by atoms with Crippen LogP contribution in [-0.2, 0) is 11.3 Å². The van der Waals surface area contributed by atoms with Crippen molar-refractivity contribution < 1.29 is 20.2 Å². The molecule has 1 heterocycles. The second-order valence-corrected chi connectivity index (χ2v) is 10.8. The minimum Gasteiger partial charge on any atom is -0.378 e. The first kappa shape index (κ1) is 20.1. The van der Waals surface area contributed by atoms with Crippen molar-refractivity contribution >= 4 is 5.78 Å². The van der Waals surface area contributed by atoms with Crippen molar-refractivity contribution in [3.8, 4) is 11.8 Å². The van der Waals surface area contributed by atoms with Crippen LogP contribution in [0, 0.1) is 52.8 Å². The molecule has 4 aliphatic carbocycles. The number of hydrogen-bond acceptors (Lipinski definition) is 2. The molecule has 0 aliphatic heterocycles. The molecular weight excluding hydrogens is 374 g/mol. The van der Waals surface area contributed by atoms with E-state index in [0.717, 1.165) is 43.4 Å². The lowest BCUT2D eigenvalue weighted by molar-refractivity contribution is -0.786. The highest BCUT2D eigenvalue weighted by atomic mass is 16.3. The van der Waals surface area contributed by atoms with E-state index in [1.54, 1.807) is 17.1 Å². The molecule has 8 atom stereocenters. The van der Waals surface area contributed by atoms with E-state index >= 15 is 0 Å². The predicted octanol–water partition coefficient (Wildman–Crippen LogP) is 2.28. The maximum atomic E-state index is 13.2. The summed E-state index contributed by atoms with van der Waals surface area (Å²) in [6.45, 7) is 4.61. The third-order valence-corrected chi connectivity index (χ3v) is 9.55. The summed E-state index contributed by atoms with van der Waals surface area (Å²) in [5.74, 6) is 10.2. The Morgan fingerprint density at radius 2 is 1.97 bits per heavy atom. The van der Waals surface area contributed by atoms with Gasteiger partial charge in [-0.1, -0.05) is 12.8 Å².